The number of rotatable bonds is 4. The Morgan fingerprint density at radius 3 is 2.71 bits per heavy atom. The highest BCUT2D eigenvalue weighted by atomic mass is 19.1. The van der Waals surface area contributed by atoms with Crippen LogP contribution < -0.4 is 5.32 Å². The minimum Gasteiger partial charge on any atom is -0.333 e. The van der Waals surface area contributed by atoms with E-state index in [0.29, 0.717) is 30.2 Å². The van der Waals surface area contributed by atoms with E-state index in [9.17, 15) is 14.0 Å². The molecule has 0 spiro atoms. The minimum atomic E-state index is -0.616. The number of benzene rings is 1. The van der Waals surface area contributed by atoms with E-state index < -0.39 is 11.7 Å². The summed E-state index contributed by atoms with van der Waals surface area (Å²) in [6.07, 6.45) is 3.88. The van der Waals surface area contributed by atoms with Gasteiger partial charge in [-0.05, 0) is 74.2 Å². The summed E-state index contributed by atoms with van der Waals surface area (Å²) >= 11 is 0. The molecule has 0 atom stereocenters. The predicted octanol–water partition coefficient (Wildman–Crippen LogP) is 4.01. The fraction of sp³-hybridized carbons (Fsp3) is 0.286. The first-order chi connectivity index (χ1) is 18.3. The van der Waals surface area contributed by atoms with Gasteiger partial charge in [0.1, 0.15) is 28.8 Å². The third-order valence-electron chi connectivity index (χ3n) is 7.23. The summed E-state index contributed by atoms with van der Waals surface area (Å²) in [5.74, 6) is 0.401. The van der Waals surface area contributed by atoms with Crippen LogP contribution in [-0.2, 0) is 24.9 Å². The van der Waals surface area contributed by atoms with Gasteiger partial charge >= 0.3 is 0 Å². The van der Waals surface area contributed by atoms with Gasteiger partial charge in [-0.2, -0.15) is 0 Å². The number of halogens is 1. The Morgan fingerprint density at radius 1 is 1.03 bits per heavy atom. The molecule has 3 aromatic heterocycles. The van der Waals surface area contributed by atoms with E-state index in [1.165, 1.54) is 12.1 Å². The number of amides is 2. The van der Waals surface area contributed by atoms with Gasteiger partial charge in [-0.25, -0.2) is 9.37 Å². The number of carbonyl (C=O) groups is 2. The topological polar surface area (TPSA) is 106 Å². The summed E-state index contributed by atoms with van der Waals surface area (Å²) in [6.45, 7) is 4.98. The molecule has 1 N–H and O–H groups in total. The largest absolute Gasteiger partial charge is 0.333 e. The maximum absolute atomic E-state index is 15.0. The van der Waals surface area contributed by atoms with Gasteiger partial charge in [-0.3, -0.25) is 14.6 Å². The normalized spacial score (nSPS) is 15.6. The highest BCUT2D eigenvalue weighted by molar-refractivity contribution is 6.04. The molecule has 38 heavy (non-hydrogen) atoms. The van der Waals surface area contributed by atoms with Gasteiger partial charge in [0.05, 0.1) is 5.56 Å². The van der Waals surface area contributed by atoms with E-state index in [-0.39, 0.29) is 29.4 Å². The zero-order valence-corrected chi connectivity index (χ0v) is 21.1. The van der Waals surface area contributed by atoms with Gasteiger partial charge in [0.25, 0.3) is 11.8 Å². The molecule has 0 saturated heterocycles. The quantitative estimate of drug-likeness (QED) is 0.444. The van der Waals surface area contributed by atoms with Gasteiger partial charge in [0, 0.05) is 31.2 Å². The molecule has 2 aliphatic rings. The Labute approximate surface area is 218 Å². The molecule has 6 rings (SSSR count). The fourth-order valence-corrected chi connectivity index (χ4v) is 5.20. The summed E-state index contributed by atoms with van der Waals surface area (Å²) in [5.41, 5.74) is 2.21. The van der Waals surface area contributed by atoms with Crippen LogP contribution in [0.25, 0.3) is 11.5 Å². The van der Waals surface area contributed by atoms with E-state index in [1.54, 1.807) is 41.4 Å². The second kappa shape index (κ2) is 9.13. The molecular weight excluding hydrogens is 485 g/mol. The van der Waals surface area contributed by atoms with Crippen molar-refractivity contribution in [2.75, 3.05) is 11.9 Å². The van der Waals surface area contributed by atoms with Gasteiger partial charge in [-0.1, -0.05) is 12.1 Å². The van der Waals surface area contributed by atoms with Crippen LogP contribution in [0.4, 0.5) is 10.2 Å². The van der Waals surface area contributed by atoms with E-state index in [1.807, 2.05) is 6.07 Å². The highest BCUT2D eigenvalue weighted by Gasteiger charge is 2.34. The second-order valence-electron chi connectivity index (χ2n) is 10.2. The van der Waals surface area contributed by atoms with Crippen LogP contribution in [0.2, 0.25) is 0 Å². The van der Waals surface area contributed by atoms with Gasteiger partial charge < -0.3 is 14.8 Å². The van der Waals surface area contributed by atoms with Crippen molar-refractivity contribution in [2.24, 2.45) is 0 Å². The molecule has 0 radical (unpaired) electrons. The van der Waals surface area contributed by atoms with E-state index in [0.717, 1.165) is 29.8 Å². The first-order valence-corrected chi connectivity index (χ1v) is 12.6. The summed E-state index contributed by atoms with van der Waals surface area (Å²) < 4.78 is 17.1. The number of carbonyl (C=O) groups excluding carboxylic acids is 2. The SMILES string of the molecule is CC1(C)CCc2nnc(-c3cccc(NC(=O)c4cc5c(cc4F)CCN(C(=O)c4ccccn4)C5)n3)n21. The molecule has 4 aromatic rings. The van der Waals surface area contributed by atoms with E-state index in [4.69, 9.17) is 0 Å². The van der Waals surface area contributed by atoms with Crippen LogP contribution in [0.3, 0.4) is 0 Å². The number of nitrogens with zero attached hydrogens (tertiary/aromatic N) is 6. The van der Waals surface area contributed by atoms with Crippen LogP contribution in [0.1, 0.15) is 58.1 Å². The van der Waals surface area contributed by atoms with Gasteiger partial charge in [0.15, 0.2) is 5.82 Å². The summed E-state index contributed by atoms with van der Waals surface area (Å²) in [4.78, 5) is 36.4. The number of aryl methyl sites for hydroxylation is 1. The lowest BCUT2D eigenvalue weighted by atomic mass is 9.96. The zero-order chi connectivity index (χ0) is 26.4. The molecule has 5 heterocycles. The Morgan fingerprint density at radius 2 is 1.89 bits per heavy atom. The number of pyridine rings is 2. The summed E-state index contributed by atoms with van der Waals surface area (Å²) in [5, 5.41) is 11.3. The highest BCUT2D eigenvalue weighted by Crippen LogP contribution is 2.35. The van der Waals surface area contributed by atoms with Crippen molar-refractivity contribution >= 4 is 17.6 Å². The van der Waals surface area contributed by atoms with Crippen molar-refractivity contribution in [3.8, 4) is 11.5 Å². The third kappa shape index (κ3) is 4.21. The molecular formula is C28H26FN7O2. The number of aromatic nitrogens is 5. The third-order valence-corrected chi connectivity index (χ3v) is 7.23. The zero-order valence-electron chi connectivity index (χ0n) is 21.1. The van der Waals surface area contributed by atoms with Crippen molar-refractivity contribution in [1.82, 2.24) is 29.6 Å². The molecule has 10 heteroatoms. The molecule has 0 fully saturated rings. The van der Waals surface area contributed by atoms with Gasteiger partial charge in [-0.15, -0.1) is 10.2 Å². The molecule has 192 valence electrons. The lowest BCUT2D eigenvalue weighted by molar-refractivity contribution is 0.0728. The van der Waals surface area contributed by atoms with Crippen LogP contribution in [-0.4, -0.2) is 48.0 Å². The number of anilines is 1. The van der Waals surface area contributed by atoms with Crippen molar-refractivity contribution < 1.29 is 14.0 Å². The molecule has 2 aliphatic heterocycles. The Bertz CT molecular complexity index is 1560. The molecule has 0 unspecified atom stereocenters. The number of hydrogen-bond acceptors (Lipinski definition) is 6. The Kier molecular flexibility index (Phi) is 5.74. The summed E-state index contributed by atoms with van der Waals surface area (Å²) in [6, 6.07) is 13.3. The Hall–Kier alpha value is -4.47. The lowest BCUT2D eigenvalue weighted by Crippen LogP contribution is -2.36. The molecule has 0 bridgehead atoms. The first kappa shape index (κ1) is 23.9. The van der Waals surface area contributed by atoms with Crippen LogP contribution in [0, 0.1) is 5.82 Å². The standard InChI is InChI=1S/C28H26FN7O2/c1-28(2)11-9-24-33-34-25(36(24)28)21-7-5-8-23(31-21)32-26(37)19-14-18-16-35(13-10-17(18)15-20(19)29)27(38)22-6-3-4-12-30-22/h3-8,12,14-15H,9-11,13,16H2,1-2H3,(H,31,32,37). The molecule has 2 amide bonds. The number of hydrogen-bond donors (Lipinski definition) is 1. The van der Waals surface area contributed by atoms with E-state index >= 15 is 0 Å². The summed E-state index contributed by atoms with van der Waals surface area (Å²) in [7, 11) is 0. The first-order valence-electron chi connectivity index (χ1n) is 12.6. The maximum atomic E-state index is 15.0. The molecule has 0 aliphatic carbocycles. The number of nitrogens with one attached hydrogen (secondary N) is 1. The van der Waals surface area contributed by atoms with Crippen molar-refractivity contribution in [2.45, 2.75) is 45.2 Å². The van der Waals surface area contributed by atoms with Crippen LogP contribution >= 0.6 is 0 Å². The van der Waals surface area contributed by atoms with Crippen molar-refractivity contribution in [1.29, 1.82) is 0 Å². The fourth-order valence-electron chi connectivity index (χ4n) is 5.20. The average molecular weight is 512 g/mol. The molecule has 9 nitrogen and oxygen atoms in total. The maximum Gasteiger partial charge on any atom is 0.272 e. The van der Waals surface area contributed by atoms with Crippen molar-refractivity contribution in [3.63, 3.8) is 0 Å². The second-order valence-corrected chi connectivity index (χ2v) is 10.2. The van der Waals surface area contributed by atoms with Gasteiger partial charge in [0.2, 0.25) is 0 Å². The molecule has 1 aromatic carbocycles. The van der Waals surface area contributed by atoms with Crippen LogP contribution in [0.15, 0.2) is 54.7 Å². The van der Waals surface area contributed by atoms with Crippen molar-refractivity contribution in [3.05, 3.63) is 88.8 Å². The van der Waals surface area contributed by atoms with Crippen LogP contribution in [0.5, 0.6) is 0 Å². The lowest BCUT2D eigenvalue weighted by Gasteiger charge is -2.29. The minimum absolute atomic E-state index is 0.104. The predicted molar refractivity (Wildman–Crippen MR) is 138 cm³/mol. The smallest absolute Gasteiger partial charge is 0.272 e. The molecule has 0 saturated carbocycles. The Balaban J connectivity index is 1.23. The average Bonchev–Trinajstić information content (AvgIpc) is 3.49. The van der Waals surface area contributed by atoms with E-state index in [2.05, 4.69) is 43.9 Å². The number of fused-ring (bicyclic) bond motifs is 2. The monoisotopic (exact) mass is 511 g/mol.